The molecule has 2 saturated carbocycles. The van der Waals surface area contributed by atoms with Gasteiger partial charge >= 0.3 is 0 Å². The van der Waals surface area contributed by atoms with Crippen LogP contribution in [0.1, 0.15) is 70.7 Å². The lowest BCUT2D eigenvalue weighted by Crippen LogP contribution is -2.49. The van der Waals surface area contributed by atoms with Crippen molar-refractivity contribution < 1.29 is 24.0 Å². The molecule has 2 aromatic carbocycles. The van der Waals surface area contributed by atoms with Crippen LogP contribution >= 0.6 is 0 Å². The number of hydrogen-bond acceptors (Lipinski definition) is 8. The van der Waals surface area contributed by atoms with Crippen molar-refractivity contribution >= 4 is 34.1 Å². The van der Waals surface area contributed by atoms with E-state index in [9.17, 15) is 24.5 Å². The molecule has 3 fully saturated rings. The van der Waals surface area contributed by atoms with Crippen LogP contribution in [0.15, 0.2) is 41.2 Å². The number of ether oxygens (including phenoxy) is 2. The maximum absolute atomic E-state index is 13.8. The van der Waals surface area contributed by atoms with Gasteiger partial charge in [-0.15, -0.1) is 0 Å². The third-order valence-corrected chi connectivity index (χ3v) is 8.62. The van der Waals surface area contributed by atoms with E-state index in [0.717, 1.165) is 31.2 Å². The number of fused-ring (bicyclic) bond motifs is 1. The second kappa shape index (κ2) is 12.0. The van der Waals surface area contributed by atoms with Gasteiger partial charge in [0.2, 0.25) is 5.56 Å². The molecule has 12 nitrogen and oxygen atoms in total. The second-order valence-electron chi connectivity index (χ2n) is 11.4. The molecule has 1 saturated heterocycles. The SMILES string of the molecule is COc1cccc2[nH]c(=O)cc(C(=O)N[C@H]3CCCC[C@H]3Nc3c(C(=O)N4CCOCC4)cc(C4CC4)cc3[N+](=O)[O-])c12. The van der Waals surface area contributed by atoms with E-state index in [1.54, 1.807) is 35.2 Å². The van der Waals surface area contributed by atoms with Gasteiger partial charge < -0.3 is 30.0 Å². The molecule has 0 radical (unpaired) electrons. The Hall–Kier alpha value is -4.45. The molecule has 2 heterocycles. The first-order chi connectivity index (χ1) is 20.8. The largest absolute Gasteiger partial charge is 0.496 e. The predicted octanol–water partition coefficient (Wildman–Crippen LogP) is 3.95. The van der Waals surface area contributed by atoms with Crippen molar-refractivity contribution in [2.24, 2.45) is 0 Å². The standard InChI is InChI=1S/C31H35N5O7/c1-42-26-8-4-7-24-28(26)20(17-27(37)32-24)30(38)34-23-6-3-2-5-22(23)33-29-21(31(39)35-11-13-43-14-12-35)15-19(18-9-10-18)16-25(29)36(40)41/h4,7-8,15-18,22-23,33H,2-3,5-6,9-14H2,1H3,(H,32,37)(H,34,38)/t22-,23+/m1/s1. The number of rotatable bonds is 8. The maximum Gasteiger partial charge on any atom is 0.293 e. The number of nitrogens with zero attached hydrogens (tertiary/aromatic N) is 2. The molecule has 1 aromatic heterocycles. The summed E-state index contributed by atoms with van der Waals surface area (Å²) in [6.07, 6.45) is 4.85. The lowest BCUT2D eigenvalue weighted by Gasteiger charge is -2.34. The molecule has 3 N–H and O–H groups in total. The molecule has 226 valence electrons. The summed E-state index contributed by atoms with van der Waals surface area (Å²) in [7, 11) is 1.50. The molecule has 0 unspecified atom stereocenters. The Morgan fingerprint density at radius 1 is 1.05 bits per heavy atom. The van der Waals surface area contributed by atoms with Crippen LogP contribution in [0, 0.1) is 10.1 Å². The summed E-state index contributed by atoms with van der Waals surface area (Å²) in [5.74, 6) is -0.0428. The van der Waals surface area contributed by atoms with Crippen molar-refractivity contribution in [1.29, 1.82) is 0 Å². The number of nitro groups is 1. The molecule has 2 atom stereocenters. The maximum atomic E-state index is 13.8. The topological polar surface area (TPSA) is 156 Å². The molecule has 3 aromatic rings. The van der Waals surface area contributed by atoms with E-state index in [1.807, 2.05) is 0 Å². The van der Waals surface area contributed by atoms with E-state index in [0.29, 0.717) is 55.8 Å². The fourth-order valence-corrected chi connectivity index (χ4v) is 6.24. The van der Waals surface area contributed by atoms with Crippen LogP contribution in [0.4, 0.5) is 11.4 Å². The van der Waals surface area contributed by atoms with Gasteiger partial charge in [-0.2, -0.15) is 0 Å². The van der Waals surface area contributed by atoms with Gasteiger partial charge in [0, 0.05) is 37.3 Å². The number of anilines is 1. The average Bonchev–Trinajstić information content (AvgIpc) is 3.87. The first-order valence-corrected chi connectivity index (χ1v) is 14.8. The summed E-state index contributed by atoms with van der Waals surface area (Å²) in [5.41, 5.74) is 1.37. The number of amides is 2. The zero-order valence-corrected chi connectivity index (χ0v) is 24.0. The molecular weight excluding hydrogens is 554 g/mol. The second-order valence-corrected chi connectivity index (χ2v) is 11.4. The third-order valence-electron chi connectivity index (χ3n) is 8.62. The van der Waals surface area contributed by atoms with Gasteiger partial charge in [-0.25, -0.2) is 0 Å². The fraction of sp³-hybridized carbons (Fsp3) is 0.452. The van der Waals surface area contributed by atoms with Gasteiger partial charge in [-0.05, 0) is 55.4 Å². The van der Waals surface area contributed by atoms with Crippen molar-refractivity contribution in [3.63, 3.8) is 0 Å². The molecule has 2 amide bonds. The van der Waals surface area contributed by atoms with E-state index in [4.69, 9.17) is 9.47 Å². The summed E-state index contributed by atoms with van der Waals surface area (Å²) in [5, 5.41) is 19.3. The van der Waals surface area contributed by atoms with Gasteiger partial charge in [0.05, 0.1) is 47.3 Å². The molecule has 0 spiro atoms. The average molecular weight is 590 g/mol. The van der Waals surface area contributed by atoms with Crippen molar-refractivity contribution in [1.82, 2.24) is 15.2 Å². The minimum absolute atomic E-state index is 0.137. The van der Waals surface area contributed by atoms with Crippen LogP contribution in [-0.2, 0) is 4.74 Å². The van der Waals surface area contributed by atoms with Gasteiger partial charge in [0.25, 0.3) is 17.5 Å². The lowest BCUT2D eigenvalue weighted by atomic mass is 9.89. The Bertz CT molecular complexity index is 1630. The third kappa shape index (κ3) is 5.92. The number of aromatic amines is 1. The number of pyridine rings is 1. The lowest BCUT2D eigenvalue weighted by molar-refractivity contribution is -0.384. The quantitative estimate of drug-likeness (QED) is 0.264. The number of aromatic nitrogens is 1. The summed E-state index contributed by atoms with van der Waals surface area (Å²) >= 11 is 0. The number of morpholine rings is 1. The highest BCUT2D eigenvalue weighted by Gasteiger charge is 2.35. The van der Waals surface area contributed by atoms with Gasteiger partial charge in [0.15, 0.2) is 0 Å². The van der Waals surface area contributed by atoms with E-state index < -0.39 is 22.4 Å². The summed E-state index contributed by atoms with van der Waals surface area (Å²) in [4.78, 5) is 56.3. The highest BCUT2D eigenvalue weighted by molar-refractivity contribution is 6.08. The summed E-state index contributed by atoms with van der Waals surface area (Å²) < 4.78 is 10.9. The highest BCUT2D eigenvalue weighted by Crippen LogP contribution is 2.44. The molecule has 43 heavy (non-hydrogen) atoms. The number of carbonyl (C=O) groups excluding carboxylic acids is 2. The van der Waals surface area contributed by atoms with E-state index in [-0.39, 0.29) is 40.4 Å². The van der Waals surface area contributed by atoms with Gasteiger partial charge in [0.1, 0.15) is 11.4 Å². The van der Waals surface area contributed by atoms with Crippen molar-refractivity contribution in [2.75, 3.05) is 38.7 Å². The molecule has 2 aliphatic carbocycles. The summed E-state index contributed by atoms with van der Waals surface area (Å²) in [6, 6.07) is 9.02. The van der Waals surface area contributed by atoms with Crippen molar-refractivity contribution in [3.8, 4) is 5.75 Å². The van der Waals surface area contributed by atoms with Crippen LogP contribution in [0.5, 0.6) is 5.75 Å². The smallest absolute Gasteiger partial charge is 0.293 e. The van der Waals surface area contributed by atoms with Crippen molar-refractivity contribution in [3.05, 3.63) is 73.6 Å². The number of H-pyrrole nitrogens is 1. The fourth-order valence-electron chi connectivity index (χ4n) is 6.24. The Kier molecular flexibility index (Phi) is 8.02. The minimum atomic E-state index is -0.442. The molecule has 0 bridgehead atoms. The van der Waals surface area contributed by atoms with Crippen molar-refractivity contribution in [2.45, 2.75) is 56.5 Å². The normalized spacial score (nSPS) is 20.4. The number of methoxy groups -OCH3 is 1. The first-order valence-electron chi connectivity index (χ1n) is 14.8. The predicted molar refractivity (Wildman–Crippen MR) is 160 cm³/mol. The van der Waals surface area contributed by atoms with E-state index in [1.165, 1.54) is 13.2 Å². The van der Waals surface area contributed by atoms with Crippen LogP contribution in [-0.4, -0.2) is 72.1 Å². The minimum Gasteiger partial charge on any atom is -0.496 e. The molecule has 3 aliphatic rings. The molecular formula is C31H35N5O7. The van der Waals surface area contributed by atoms with Gasteiger partial charge in [-0.3, -0.25) is 24.5 Å². The highest BCUT2D eigenvalue weighted by atomic mass is 16.6. The van der Waals surface area contributed by atoms with Crippen LogP contribution in [0.2, 0.25) is 0 Å². The number of nitro benzene ring substituents is 1. The Balaban J connectivity index is 1.34. The summed E-state index contributed by atoms with van der Waals surface area (Å²) in [6.45, 7) is 1.65. The number of benzene rings is 2. The first kappa shape index (κ1) is 28.7. The number of nitrogens with one attached hydrogen (secondary N) is 3. The Morgan fingerprint density at radius 2 is 1.79 bits per heavy atom. The van der Waals surface area contributed by atoms with E-state index >= 15 is 0 Å². The number of hydrogen-bond donors (Lipinski definition) is 3. The van der Waals surface area contributed by atoms with Crippen LogP contribution in [0.25, 0.3) is 10.9 Å². The molecule has 1 aliphatic heterocycles. The van der Waals surface area contributed by atoms with Gasteiger partial charge in [-0.1, -0.05) is 18.9 Å². The Morgan fingerprint density at radius 3 is 2.49 bits per heavy atom. The zero-order chi connectivity index (χ0) is 30.1. The number of carbonyl (C=O) groups is 2. The van der Waals surface area contributed by atoms with Crippen LogP contribution in [0.3, 0.4) is 0 Å². The molecule has 12 heteroatoms. The monoisotopic (exact) mass is 589 g/mol. The zero-order valence-electron chi connectivity index (χ0n) is 24.0. The van der Waals surface area contributed by atoms with Crippen LogP contribution < -0.4 is 20.9 Å². The van der Waals surface area contributed by atoms with E-state index in [2.05, 4.69) is 15.6 Å². The Labute approximate surface area is 247 Å². The molecule has 6 rings (SSSR count).